The minimum Gasteiger partial charge on any atom is -0.301 e. The first-order valence-corrected chi connectivity index (χ1v) is 6.98. The molecule has 0 spiro atoms. The number of aryl methyl sites for hydroxylation is 2. The van der Waals surface area contributed by atoms with E-state index in [2.05, 4.69) is 41.8 Å². The molecule has 2 rings (SSSR count). The van der Waals surface area contributed by atoms with E-state index in [9.17, 15) is 0 Å². The summed E-state index contributed by atoms with van der Waals surface area (Å²) in [5.41, 5.74) is 2.32. The van der Waals surface area contributed by atoms with Gasteiger partial charge in [-0.25, -0.2) is 4.98 Å². The first-order chi connectivity index (χ1) is 8.65. The lowest BCUT2D eigenvalue weighted by atomic mass is 10.2. The molecule has 0 aliphatic heterocycles. The van der Waals surface area contributed by atoms with Gasteiger partial charge in [0, 0.05) is 36.3 Å². The van der Waals surface area contributed by atoms with Crippen LogP contribution in [0.2, 0.25) is 0 Å². The van der Waals surface area contributed by atoms with Gasteiger partial charge in [0.2, 0.25) is 0 Å². The van der Waals surface area contributed by atoms with Crippen molar-refractivity contribution in [1.82, 2.24) is 14.9 Å². The highest BCUT2D eigenvalue weighted by Gasteiger charge is 2.08. The third kappa shape index (κ3) is 3.62. The summed E-state index contributed by atoms with van der Waals surface area (Å²) in [5.74, 6) is 0. The van der Waals surface area contributed by atoms with Crippen molar-refractivity contribution in [1.29, 1.82) is 0 Å². The topological polar surface area (TPSA) is 29.0 Å². The molecule has 0 radical (unpaired) electrons. The van der Waals surface area contributed by atoms with Gasteiger partial charge in [-0.2, -0.15) is 0 Å². The van der Waals surface area contributed by atoms with Crippen molar-refractivity contribution in [2.24, 2.45) is 0 Å². The van der Waals surface area contributed by atoms with Crippen LogP contribution in [0.1, 0.15) is 21.3 Å². The molecule has 2 aromatic rings. The zero-order chi connectivity index (χ0) is 13.0. The van der Waals surface area contributed by atoms with Crippen LogP contribution in [0.4, 0.5) is 0 Å². The van der Waals surface area contributed by atoms with Crippen LogP contribution in [-0.2, 0) is 13.0 Å². The van der Waals surface area contributed by atoms with Gasteiger partial charge in [-0.1, -0.05) is 6.07 Å². The van der Waals surface area contributed by atoms with Crippen LogP contribution in [0, 0.1) is 13.8 Å². The fourth-order valence-corrected chi connectivity index (χ4v) is 2.91. The molecule has 4 heteroatoms. The van der Waals surface area contributed by atoms with Crippen LogP contribution in [0.5, 0.6) is 0 Å². The summed E-state index contributed by atoms with van der Waals surface area (Å²) < 4.78 is 0. The van der Waals surface area contributed by atoms with Crippen molar-refractivity contribution < 1.29 is 0 Å². The molecule has 0 aromatic carbocycles. The Morgan fingerprint density at radius 3 is 2.72 bits per heavy atom. The molecule has 0 atom stereocenters. The average Bonchev–Trinajstić information content (AvgIpc) is 2.67. The van der Waals surface area contributed by atoms with Gasteiger partial charge in [0.25, 0.3) is 0 Å². The molecular weight excluding hydrogens is 242 g/mol. The fraction of sp³-hybridized carbons (Fsp3) is 0.429. The van der Waals surface area contributed by atoms with Crippen molar-refractivity contribution in [2.45, 2.75) is 26.8 Å². The number of hydrogen-bond acceptors (Lipinski definition) is 4. The number of pyridine rings is 1. The minimum absolute atomic E-state index is 0.976. The van der Waals surface area contributed by atoms with Gasteiger partial charge >= 0.3 is 0 Å². The molecule has 0 aliphatic carbocycles. The van der Waals surface area contributed by atoms with Gasteiger partial charge in [-0.3, -0.25) is 4.98 Å². The van der Waals surface area contributed by atoms with Crippen LogP contribution >= 0.6 is 11.3 Å². The quantitative estimate of drug-likeness (QED) is 0.828. The average molecular weight is 261 g/mol. The van der Waals surface area contributed by atoms with E-state index < -0.39 is 0 Å². The maximum atomic E-state index is 4.46. The molecule has 96 valence electrons. The molecule has 2 aromatic heterocycles. The Morgan fingerprint density at radius 1 is 1.28 bits per heavy atom. The summed E-state index contributed by atoms with van der Waals surface area (Å²) in [4.78, 5) is 12.5. The van der Waals surface area contributed by atoms with Crippen LogP contribution < -0.4 is 0 Å². The smallest absolute Gasteiger partial charge is 0.0900 e. The summed E-state index contributed by atoms with van der Waals surface area (Å²) in [5, 5.41) is 1.15. The van der Waals surface area contributed by atoms with Gasteiger partial charge in [0.05, 0.1) is 10.7 Å². The van der Waals surface area contributed by atoms with E-state index in [1.807, 2.05) is 18.3 Å². The molecule has 0 bridgehead atoms. The third-order valence-electron chi connectivity index (χ3n) is 2.89. The standard InChI is InChI=1S/C14H19N3S/c1-11-14(18-12(2)16-11)10-17(3)9-7-13-6-4-5-8-15-13/h4-6,8H,7,9-10H2,1-3H3. The van der Waals surface area contributed by atoms with Gasteiger partial charge in [0.15, 0.2) is 0 Å². The Hall–Kier alpha value is -1.26. The van der Waals surface area contributed by atoms with E-state index in [4.69, 9.17) is 0 Å². The zero-order valence-electron chi connectivity index (χ0n) is 11.2. The summed E-state index contributed by atoms with van der Waals surface area (Å²) in [6.45, 7) is 6.15. The second-order valence-electron chi connectivity index (χ2n) is 4.55. The predicted octanol–water partition coefficient (Wildman–Crippen LogP) is 2.83. The highest BCUT2D eigenvalue weighted by Crippen LogP contribution is 2.18. The van der Waals surface area contributed by atoms with Gasteiger partial charge in [0.1, 0.15) is 0 Å². The third-order valence-corrected chi connectivity index (χ3v) is 3.95. The molecule has 0 saturated heterocycles. The molecule has 0 amide bonds. The van der Waals surface area contributed by atoms with E-state index in [0.717, 1.165) is 30.2 Å². The van der Waals surface area contributed by atoms with E-state index in [1.165, 1.54) is 10.6 Å². The summed E-state index contributed by atoms with van der Waals surface area (Å²) in [6.07, 6.45) is 2.85. The van der Waals surface area contributed by atoms with Crippen molar-refractivity contribution in [2.75, 3.05) is 13.6 Å². The Bertz CT molecular complexity index is 493. The number of nitrogens with zero attached hydrogens (tertiary/aromatic N) is 3. The van der Waals surface area contributed by atoms with Crippen LogP contribution in [0.25, 0.3) is 0 Å². The molecule has 0 unspecified atom stereocenters. The van der Waals surface area contributed by atoms with Crippen molar-refractivity contribution in [3.05, 3.63) is 45.7 Å². The first-order valence-electron chi connectivity index (χ1n) is 6.16. The number of thiazole rings is 1. The fourth-order valence-electron chi connectivity index (χ4n) is 1.90. The normalized spacial score (nSPS) is 11.1. The Kier molecular flexibility index (Phi) is 4.44. The largest absolute Gasteiger partial charge is 0.301 e. The Labute approximate surface area is 113 Å². The maximum absolute atomic E-state index is 4.46. The van der Waals surface area contributed by atoms with E-state index in [-0.39, 0.29) is 0 Å². The SMILES string of the molecule is Cc1nc(C)c(CN(C)CCc2ccccn2)s1. The zero-order valence-corrected chi connectivity index (χ0v) is 12.0. The monoisotopic (exact) mass is 261 g/mol. The maximum Gasteiger partial charge on any atom is 0.0900 e. The van der Waals surface area contributed by atoms with E-state index in [1.54, 1.807) is 11.3 Å². The van der Waals surface area contributed by atoms with E-state index >= 15 is 0 Å². The highest BCUT2D eigenvalue weighted by atomic mass is 32.1. The van der Waals surface area contributed by atoms with Crippen molar-refractivity contribution >= 4 is 11.3 Å². The number of rotatable bonds is 5. The molecule has 0 aliphatic rings. The Morgan fingerprint density at radius 2 is 2.11 bits per heavy atom. The van der Waals surface area contributed by atoms with Crippen molar-refractivity contribution in [3.63, 3.8) is 0 Å². The lowest BCUT2D eigenvalue weighted by Crippen LogP contribution is -2.20. The number of likely N-dealkylation sites (N-methyl/N-ethyl adjacent to an activating group) is 1. The Balaban J connectivity index is 1.86. The molecule has 2 heterocycles. The van der Waals surface area contributed by atoms with Crippen LogP contribution in [0.3, 0.4) is 0 Å². The second-order valence-corrected chi connectivity index (χ2v) is 5.84. The summed E-state index contributed by atoms with van der Waals surface area (Å²) in [7, 11) is 2.15. The van der Waals surface area contributed by atoms with Crippen LogP contribution in [0.15, 0.2) is 24.4 Å². The minimum atomic E-state index is 0.976. The van der Waals surface area contributed by atoms with Gasteiger partial charge in [-0.15, -0.1) is 11.3 Å². The molecule has 18 heavy (non-hydrogen) atoms. The number of hydrogen-bond donors (Lipinski definition) is 0. The molecule has 0 saturated carbocycles. The van der Waals surface area contributed by atoms with Gasteiger partial charge in [-0.05, 0) is 33.0 Å². The molecule has 0 fully saturated rings. The predicted molar refractivity (Wildman–Crippen MR) is 75.9 cm³/mol. The lowest BCUT2D eigenvalue weighted by Gasteiger charge is -2.15. The van der Waals surface area contributed by atoms with Gasteiger partial charge < -0.3 is 4.90 Å². The number of aromatic nitrogens is 2. The molecule has 3 nitrogen and oxygen atoms in total. The first kappa shape index (κ1) is 13.2. The van der Waals surface area contributed by atoms with Crippen LogP contribution in [-0.4, -0.2) is 28.5 Å². The van der Waals surface area contributed by atoms with E-state index in [0.29, 0.717) is 0 Å². The highest BCUT2D eigenvalue weighted by molar-refractivity contribution is 7.11. The molecule has 0 N–H and O–H groups in total. The second kappa shape index (κ2) is 6.07. The lowest BCUT2D eigenvalue weighted by molar-refractivity contribution is 0.332. The summed E-state index contributed by atoms with van der Waals surface area (Å²) >= 11 is 1.80. The van der Waals surface area contributed by atoms with Crippen molar-refractivity contribution in [3.8, 4) is 0 Å². The molecular formula is C14H19N3S. The summed E-state index contributed by atoms with van der Waals surface area (Å²) in [6, 6.07) is 6.08.